The van der Waals surface area contributed by atoms with Crippen molar-refractivity contribution in [3.8, 4) is 0 Å². The zero-order chi connectivity index (χ0) is 21.9. The summed E-state index contributed by atoms with van der Waals surface area (Å²) in [5.41, 5.74) is 0.740. The molecule has 1 fully saturated rings. The minimum atomic E-state index is -4.47. The van der Waals surface area contributed by atoms with E-state index < -0.39 is 28.5 Å². The van der Waals surface area contributed by atoms with Crippen LogP contribution in [0.5, 0.6) is 0 Å². The third kappa shape index (κ3) is 5.84. The molecular weight excluding hydrogens is 419 g/mol. The van der Waals surface area contributed by atoms with Crippen molar-refractivity contribution in [2.75, 3.05) is 5.75 Å². The molecule has 1 aliphatic rings. The summed E-state index contributed by atoms with van der Waals surface area (Å²) < 4.78 is 63.7. The van der Waals surface area contributed by atoms with Crippen molar-refractivity contribution in [1.29, 1.82) is 0 Å². The molecule has 1 aromatic heterocycles. The third-order valence-corrected chi connectivity index (χ3v) is 7.15. The second-order valence-corrected chi connectivity index (χ2v) is 9.81. The molecule has 3 rings (SSSR count). The molecule has 0 unspecified atom stereocenters. The molecule has 0 saturated heterocycles. The SMILES string of the molecule is Cc1cccc(S(=O)(=O)CC2CCC(NC(=O)c3ccnn3CC(F)(F)F)CC2)c1. The van der Waals surface area contributed by atoms with Crippen molar-refractivity contribution in [2.45, 2.75) is 56.3 Å². The molecule has 0 aliphatic heterocycles. The van der Waals surface area contributed by atoms with Crippen LogP contribution in [-0.4, -0.2) is 42.1 Å². The topological polar surface area (TPSA) is 81.1 Å². The Balaban J connectivity index is 1.54. The number of hydrogen-bond donors (Lipinski definition) is 1. The van der Waals surface area contributed by atoms with Gasteiger partial charge in [0, 0.05) is 12.2 Å². The highest BCUT2D eigenvalue weighted by molar-refractivity contribution is 7.91. The first-order chi connectivity index (χ1) is 14.0. The number of benzene rings is 1. The fraction of sp³-hybridized carbons (Fsp3) is 0.500. The van der Waals surface area contributed by atoms with E-state index in [9.17, 15) is 26.4 Å². The van der Waals surface area contributed by atoms with Gasteiger partial charge in [0.05, 0.1) is 10.6 Å². The Labute approximate surface area is 173 Å². The molecule has 30 heavy (non-hydrogen) atoms. The molecule has 0 bridgehead atoms. The molecule has 164 valence electrons. The Hall–Kier alpha value is -2.36. The highest BCUT2D eigenvalue weighted by Gasteiger charge is 2.31. The number of halogens is 3. The maximum Gasteiger partial charge on any atom is 0.408 e. The molecule has 0 atom stereocenters. The third-order valence-electron chi connectivity index (χ3n) is 5.26. The van der Waals surface area contributed by atoms with Crippen LogP contribution < -0.4 is 5.32 Å². The minimum absolute atomic E-state index is 0.0144. The number of hydrogen-bond acceptors (Lipinski definition) is 4. The van der Waals surface area contributed by atoms with Crippen molar-refractivity contribution in [3.05, 3.63) is 47.8 Å². The summed E-state index contributed by atoms with van der Waals surface area (Å²) in [6.45, 7) is 0.514. The Bertz CT molecular complexity index is 994. The zero-order valence-electron chi connectivity index (χ0n) is 16.5. The molecule has 1 amide bonds. The minimum Gasteiger partial charge on any atom is -0.348 e. The van der Waals surface area contributed by atoms with E-state index in [1.807, 2.05) is 13.0 Å². The van der Waals surface area contributed by atoms with E-state index in [-0.39, 0.29) is 23.4 Å². The van der Waals surface area contributed by atoms with Gasteiger partial charge >= 0.3 is 6.18 Å². The quantitative estimate of drug-likeness (QED) is 0.741. The number of amides is 1. The molecule has 2 aromatic rings. The molecule has 6 nitrogen and oxygen atoms in total. The number of carbonyl (C=O) groups is 1. The van der Waals surface area contributed by atoms with Crippen LogP contribution >= 0.6 is 0 Å². The monoisotopic (exact) mass is 443 g/mol. The summed E-state index contributed by atoms with van der Waals surface area (Å²) in [4.78, 5) is 12.7. The summed E-state index contributed by atoms with van der Waals surface area (Å²) in [7, 11) is -3.39. The first kappa shape index (κ1) is 22.3. The van der Waals surface area contributed by atoms with Crippen molar-refractivity contribution >= 4 is 15.7 Å². The van der Waals surface area contributed by atoms with Gasteiger partial charge in [0.25, 0.3) is 5.91 Å². The number of aryl methyl sites for hydroxylation is 1. The van der Waals surface area contributed by atoms with Crippen LogP contribution in [-0.2, 0) is 16.4 Å². The van der Waals surface area contributed by atoms with Crippen LogP contribution in [0.2, 0.25) is 0 Å². The lowest BCUT2D eigenvalue weighted by Gasteiger charge is -2.29. The molecule has 1 N–H and O–H groups in total. The fourth-order valence-electron chi connectivity index (χ4n) is 3.77. The Kier molecular flexibility index (Phi) is 6.54. The summed E-state index contributed by atoms with van der Waals surface area (Å²) in [6.07, 6.45) is -0.911. The predicted octanol–water partition coefficient (Wildman–Crippen LogP) is 3.52. The van der Waals surface area contributed by atoms with E-state index in [0.29, 0.717) is 35.3 Å². The predicted molar refractivity (Wildman–Crippen MR) is 105 cm³/mol. The first-order valence-corrected chi connectivity index (χ1v) is 11.4. The van der Waals surface area contributed by atoms with Crippen molar-refractivity contribution in [2.24, 2.45) is 5.92 Å². The van der Waals surface area contributed by atoms with Gasteiger partial charge in [-0.25, -0.2) is 8.42 Å². The smallest absolute Gasteiger partial charge is 0.348 e. The van der Waals surface area contributed by atoms with E-state index in [4.69, 9.17) is 0 Å². The van der Waals surface area contributed by atoms with Crippen LogP contribution in [0, 0.1) is 12.8 Å². The molecule has 10 heteroatoms. The largest absolute Gasteiger partial charge is 0.408 e. The maximum absolute atomic E-state index is 12.6. The summed E-state index contributed by atoms with van der Waals surface area (Å²) in [5.74, 6) is -0.567. The van der Waals surface area contributed by atoms with Gasteiger partial charge in [0.1, 0.15) is 12.2 Å². The van der Waals surface area contributed by atoms with Crippen LogP contribution in [0.15, 0.2) is 41.4 Å². The molecule has 0 radical (unpaired) electrons. The standard InChI is InChI=1S/C20H24F3N3O3S/c1-14-3-2-4-17(11-14)30(28,29)12-15-5-7-16(8-6-15)25-19(27)18-9-10-24-26(18)13-20(21,22)23/h2-4,9-11,15-16H,5-8,12-13H2,1H3,(H,25,27). The van der Waals surface area contributed by atoms with E-state index in [0.717, 1.165) is 11.8 Å². The molecular formula is C20H24F3N3O3S. The van der Waals surface area contributed by atoms with Gasteiger partial charge < -0.3 is 5.32 Å². The molecule has 1 aromatic carbocycles. The van der Waals surface area contributed by atoms with Crippen molar-refractivity contribution in [1.82, 2.24) is 15.1 Å². The lowest BCUT2D eigenvalue weighted by molar-refractivity contribution is -0.142. The molecule has 1 saturated carbocycles. The Morgan fingerprint density at radius 2 is 1.90 bits per heavy atom. The lowest BCUT2D eigenvalue weighted by Crippen LogP contribution is -2.39. The highest BCUT2D eigenvalue weighted by Crippen LogP contribution is 2.28. The molecule has 1 heterocycles. The van der Waals surface area contributed by atoms with Crippen LogP contribution in [0.3, 0.4) is 0 Å². The lowest BCUT2D eigenvalue weighted by atomic mass is 9.87. The van der Waals surface area contributed by atoms with Crippen molar-refractivity contribution < 1.29 is 26.4 Å². The van der Waals surface area contributed by atoms with Crippen molar-refractivity contribution in [3.63, 3.8) is 0 Å². The Morgan fingerprint density at radius 1 is 1.20 bits per heavy atom. The molecule has 0 spiro atoms. The van der Waals surface area contributed by atoms with Gasteiger partial charge in [-0.1, -0.05) is 12.1 Å². The number of aromatic nitrogens is 2. The van der Waals surface area contributed by atoms with Crippen LogP contribution in [0.1, 0.15) is 41.7 Å². The van der Waals surface area contributed by atoms with Gasteiger partial charge in [0.15, 0.2) is 9.84 Å². The fourth-order valence-corrected chi connectivity index (χ4v) is 5.57. The summed E-state index contributed by atoms with van der Waals surface area (Å²) in [6, 6.07) is 7.86. The summed E-state index contributed by atoms with van der Waals surface area (Å²) >= 11 is 0. The van der Waals surface area contributed by atoms with E-state index >= 15 is 0 Å². The first-order valence-electron chi connectivity index (χ1n) is 9.72. The van der Waals surface area contributed by atoms with Crippen LogP contribution in [0.25, 0.3) is 0 Å². The van der Waals surface area contributed by atoms with E-state index in [1.54, 1.807) is 18.2 Å². The van der Waals surface area contributed by atoms with Gasteiger partial charge in [-0.3, -0.25) is 9.48 Å². The number of carbonyl (C=O) groups excluding carboxylic acids is 1. The number of sulfone groups is 1. The number of nitrogens with zero attached hydrogens (tertiary/aromatic N) is 2. The zero-order valence-corrected chi connectivity index (χ0v) is 17.3. The number of alkyl halides is 3. The number of nitrogens with one attached hydrogen (secondary N) is 1. The van der Waals surface area contributed by atoms with E-state index in [2.05, 4.69) is 10.4 Å². The Morgan fingerprint density at radius 3 is 2.53 bits per heavy atom. The summed E-state index contributed by atoms with van der Waals surface area (Å²) in [5, 5.41) is 6.33. The van der Waals surface area contributed by atoms with Gasteiger partial charge in [-0.15, -0.1) is 0 Å². The van der Waals surface area contributed by atoms with E-state index in [1.165, 1.54) is 6.07 Å². The molecule has 1 aliphatic carbocycles. The second-order valence-electron chi connectivity index (χ2n) is 7.78. The average molecular weight is 443 g/mol. The van der Waals surface area contributed by atoms with Gasteiger partial charge in [0.2, 0.25) is 0 Å². The normalized spacial score (nSPS) is 20.1. The average Bonchev–Trinajstić information content (AvgIpc) is 3.09. The van der Waals surface area contributed by atoms with Crippen LogP contribution in [0.4, 0.5) is 13.2 Å². The van der Waals surface area contributed by atoms with Gasteiger partial charge in [-0.2, -0.15) is 18.3 Å². The maximum atomic E-state index is 12.6. The second kappa shape index (κ2) is 8.79. The van der Waals surface area contributed by atoms with Gasteiger partial charge in [-0.05, 0) is 62.3 Å². The number of rotatable bonds is 6. The highest BCUT2D eigenvalue weighted by atomic mass is 32.2.